The Hall–Kier alpha value is -2.64. The third-order valence-electron chi connectivity index (χ3n) is 3.71. The van der Waals surface area contributed by atoms with Crippen molar-refractivity contribution in [3.8, 4) is 0 Å². The van der Waals surface area contributed by atoms with E-state index in [1.54, 1.807) is 0 Å². The predicted octanol–water partition coefficient (Wildman–Crippen LogP) is 2.28. The number of urea groups is 1. The van der Waals surface area contributed by atoms with Gasteiger partial charge in [-0.2, -0.15) is 0 Å². The molecule has 0 unspecified atom stereocenters. The van der Waals surface area contributed by atoms with Crippen molar-refractivity contribution < 1.29 is 23.9 Å². The van der Waals surface area contributed by atoms with Gasteiger partial charge in [0.05, 0.1) is 0 Å². The van der Waals surface area contributed by atoms with Crippen LogP contribution in [0.1, 0.15) is 49.4 Å². The molecule has 0 heterocycles. The number of hydrogen-bond acceptors (Lipinski definition) is 3. The number of carboxylic acid groups (broad SMARTS) is 1. The zero-order valence-corrected chi connectivity index (χ0v) is 14.9. The van der Waals surface area contributed by atoms with E-state index >= 15 is 0 Å². The molecule has 0 aliphatic heterocycles. The van der Waals surface area contributed by atoms with Crippen molar-refractivity contribution in [3.63, 3.8) is 0 Å². The SMILES string of the molecule is CCC[C@H](NC(=O)NCCCCCNC(=O)c1ccc([18F])cc1)C(=O)O. The van der Waals surface area contributed by atoms with Gasteiger partial charge in [0.25, 0.3) is 5.91 Å². The Morgan fingerprint density at radius 2 is 1.65 bits per heavy atom. The third kappa shape index (κ3) is 8.46. The summed E-state index contributed by atoms with van der Waals surface area (Å²) >= 11 is 0. The standard InChI is InChI=1S/C18H26FN3O4/c1-2-6-15(17(24)25)22-18(26)21-12-5-3-4-11-20-16(23)13-7-9-14(19)10-8-13/h7-10,15H,2-6,11-12H2,1H3,(H,20,23)(H,24,25)(H2,21,22,26)/t15-/m0/s1/i19-1. The van der Waals surface area contributed by atoms with Crippen molar-refractivity contribution in [1.82, 2.24) is 16.0 Å². The van der Waals surface area contributed by atoms with Crippen LogP contribution in [0.25, 0.3) is 0 Å². The number of halogens is 1. The Balaban J connectivity index is 2.10. The van der Waals surface area contributed by atoms with Crippen LogP contribution in [0, 0.1) is 5.82 Å². The molecule has 0 bridgehead atoms. The van der Waals surface area contributed by atoms with Gasteiger partial charge >= 0.3 is 12.0 Å². The first-order chi connectivity index (χ1) is 12.4. The summed E-state index contributed by atoms with van der Waals surface area (Å²) in [7, 11) is 0. The first-order valence-corrected chi connectivity index (χ1v) is 8.75. The summed E-state index contributed by atoms with van der Waals surface area (Å²) in [4.78, 5) is 34.4. The quantitative estimate of drug-likeness (QED) is 0.451. The molecule has 1 atom stereocenters. The Morgan fingerprint density at radius 1 is 1.04 bits per heavy atom. The summed E-state index contributed by atoms with van der Waals surface area (Å²) in [5.74, 6) is -1.68. The number of carbonyl (C=O) groups is 3. The molecule has 26 heavy (non-hydrogen) atoms. The average Bonchev–Trinajstić information content (AvgIpc) is 2.60. The molecule has 0 aliphatic carbocycles. The van der Waals surface area contributed by atoms with E-state index in [9.17, 15) is 18.8 Å². The number of unbranched alkanes of at least 4 members (excludes halogenated alkanes) is 2. The van der Waals surface area contributed by atoms with Crippen molar-refractivity contribution in [2.75, 3.05) is 13.1 Å². The maximum absolute atomic E-state index is 12.8. The van der Waals surface area contributed by atoms with Gasteiger partial charge in [-0.05, 0) is 49.9 Å². The molecular weight excluding hydrogens is 340 g/mol. The summed E-state index contributed by atoms with van der Waals surface area (Å²) in [6.45, 7) is 2.76. The fourth-order valence-electron chi connectivity index (χ4n) is 2.29. The maximum Gasteiger partial charge on any atom is 0.326 e. The van der Waals surface area contributed by atoms with E-state index in [0.717, 1.165) is 12.8 Å². The third-order valence-corrected chi connectivity index (χ3v) is 3.71. The number of benzene rings is 1. The maximum atomic E-state index is 12.8. The normalized spacial score (nSPS) is 11.5. The largest absolute Gasteiger partial charge is 0.480 e. The van der Waals surface area contributed by atoms with Crippen molar-refractivity contribution in [3.05, 3.63) is 35.6 Å². The van der Waals surface area contributed by atoms with E-state index in [1.165, 1.54) is 24.3 Å². The minimum absolute atomic E-state index is 0.252. The number of nitrogens with one attached hydrogen (secondary N) is 3. The second kappa shape index (κ2) is 11.8. The molecule has 4 N–H and O–H groups in total. The number of amides is 3. The zero-order valence-electron chi connectivity index (χ0n) is 14.9. The lowest BCUT2D eigenvalue weighted by molar-refractivity contribution is -0.139. The van der Waals surface area contributed by atoms with E-state index in [2.05, 4.69) is 16.0 Å². The van der Waals surface area contributed by atoms with Crippen molar-refractivity contribution in [1.29, 1.82) is 0 Å². The lowest BCUT2D eigenvalue weighted by Gasteiger charge is -2.14. The average molecular weight is 366 g/mol. The van der Waals surface area contributed by atoms with E-state index in [1.807, 2.05) is 6.92 Å². The number of aliphatic carboxylic acids is 1. The molecule has 0 radical (unpaired) electrons. The van der Waals surface area contributed by atoms with Crippen LogP contribution in [0.3, 0.4) is 0 Å². The highest BCUT2D eigenvalue weighted by molar-refractivity contribution is 5.94. The van der Waals surface area contributed by atoms with Crippen molar-refractivity contribution >= 4 is 17.9 Å². The molecule has 144 valence electrons. The van der Waals surface area contributed by atoms with Gasteiger partial charge in [-0.3, -0.25) is 4.79 Å². The van der Waals surface area contributed by atoms with Gasteiger partial charge in [-0.1, -0.05) is 13.3 Å². The molecule has 0 saturated heterocycles. The smallest absolute Gasteiger partial charge is 0.326 e. The van der Waals surface area contributed by atoms with E-state index in [0.29, 0.717) is 37.9 Å². The molecule has 0 aromatic heterocycles. The highest BCUT2D eigenvalue weighted by Gasteiger charge is 2.18. The van der Waals surface area contributed by atoms with Gasteiger partial charge in [0.1, 0.15) is 11.9 Å². The first kappa shape index (κ1) is 21.4. The van der Waals surface area contributed by atoms with Crippen LogP contribution in [-0.2, 0) is 4.79 Å². The first-order valence-electron chi connectivity index (χ1n) is 8.75. The Bertz CT molecular complexity index is 593. The summed E-state index contributed by atoms with van der Waals surface area (Å²) in [6, 6.07) is 3.96. The van der Waals surface area contributed by atoms with Crippen LogP contribution in [-0.4, -0.2) is 42.1 Å². The lowest BCUT2D eigenvalue weighted by atomic mass is 10.2. The van der Waals surface area contributed by atoms with Crippen molar-refractivity contribution in [2.24, 2.45) is 0 Å². The molecule has 1 aromatic carbocycles. The highest BCUT2D eigenvalue weighted by atomic mass is 18.2. The topological polar surface area (TPSA) is 108 Å². The number of carboxylic acids is 1. The fourth-order valence-corrected chi connectivity index (χ4v) is 2.29. The van der Waals surface area contributed by atoms with Crippen LogP contribution >= 0.6 is 0 Å². The van der Waals surface area contributed by atoms with Gasteiger partial charge in [-0.15, -0.1) is 0 Å². The summed E-state index contributed by atoms with van der Waals surface area (Å²) in [6.07, 6.45) is 3.30. The molecular formula is C18H26FN3O4. The second-order valence-electron chi connectivity index (χ2n) is 5.90. The van der Waals surface area contributed by atoms with Gasteiger partial charge in [0, 0.05) is 18.7 Å². The van der Waals surface area contributed by atoms with Gasteiger partial charge in [0.2, 0.25) is 0 Å². The van der Waals surface area contributed by atoms with Crippen LogP contribution in [0.5, 0.6) is 0 Å². The van der Waals surface area contributed by atoms with E-state index in [-0.39, 0.29) is 11.7 Å². The predicted molar refractivity (Wildman–Crippen MR) is 95.5 cm³/mol. The number of hydrogen-bond donors (Lipinski definition) is 4. The molecule has 1 rings (SSSR count). The van der Waals surface area contributed by atoms with Crippen molar-refractivity contribution in [2.45, 2.75) is 45.1 Å². The molecule has 0 saturated carbocycles. The Labute approximate surface area is 152 Å². The minimum Gasteiger partial charge on any atom is -0.480 e. The van der Waals surface area contributed by atoms with E-state index in [4.69, 9.17) is 5.11 Å². The highest BCUT2D eigenvalue weighted by Crippen LogP contribution is 2.02. The molecule has 7 nitrogen and oxygen atoms in total. The molecule has 3 amide bonds. The van der Waals surface area contributed by atoms with Crippen LogP contribution < -0.4 is 16.0 Å². The molecule has 0 fully saturated rings. The molecule has 0 spiro atoms. The number of carbonyl (C=O) groups excluding carboxylic acids is 2. The van der Waals surface area contributed by atoms with Gasteiger partial charge in [0.15, 0.2) is 0 Å². The summed E-state index contributed by atoms with van der Waals surface area (Å²) in [5.41, 5.74) is 0.407. The van der Waals surface area contributed by atoms with E-state index < -0.39 is 18.0 Å². The van der Waals surface area contributed by atoms with Gasteiger partial charge < -0.3 is 21.1 Å². The van der Waals surface area contributed by atoms with Crippen LogP contribution in [0.2, 0.25) is 0 Å². The second-order valence-corrected chi connectivity index (χ2v) is 5.90. The Morgan fingerprint density at radius 3 is 2.23 bits per heavy atom. The van der Waals surface area contributed by atoms with Crippen LogP contribution in [0.4, 0.5) is 9.18 Å². The Kier molecular flexibility index (Phi) is 9.74. The lowest BCUT2D eigenvalue weighted by Crippen LogP contribution is -2.46. The van der Waals surface area contributed by atoms with Gasteiger partial charge in [-0.25, -0.2) is 14.0 Å². The van der Waals surface area contributed by atoms with Crippen LogP contribution in [0.15, 0.2) is 24.3 Å². The fraction of sp³-hybridized carbons (Fsp3) is 0.500. The summed E-state index contributed by atoms with van der Waals surface area (Å²) < 4.78 is 12.8. The monoisotopic (exact) mass is 366 g/mol. The zero-order chi connectivity index (χ0) is 19.4. The summed E-state index contributed by atoms with van der Waals surface area (Å²) in [5, 5.41) is 16.8. The molecule has 0 aliphatic rings. The minimum atomic E-state index is -1.04. The number of rotatable bonds is 11. The molecule has 1 aromatic rings. The molecule has 8 heteroatoms.